The number of Topliss-reactive ketones (excluding diaryl/α,β-unsaturated/α-hetero) is 1. The second kappa shape index (κ2) is 11.3. The van der Waals surface area contributed by atoms with E-state index in [1.54, 1.807) is 30.2 Å². The predicted octanol–water partition coefficient (Wildman–Crippen LogP) is 7.45. The van der Waals surface area contributed by atoms with Gasteiger partial charge in [-0.3, -0.25) is 14.5 Å². The molecule has 0 radical (unpaired) electrons. The van der Waals surface area contributed by atoms with Crippen molar-refractivity contribution in [3.05, 3.63) is 143 Å². The zero-order valence-corrected chi connectivity index (χ0v) is 22.6. The highest BCUT2D eigenvalue weighted by Gasteiger charge is 2.41. The molecule has 5 nitrogen and oxygen atoms in total. The molecule has 41 heavy (non-hydrogen) atoms. The van der Waals surface area contributed by atoms with Crippen molar-refractivity contribution in [2.75, 3.05) is 17.3 Å². The van der Waals surface area contributed by atoms with Gasteiger partial charge >= 0.3 is 0 Å². The average Bonchev–Trinajstić information content (AvgIpc) is 3.15. The molecule has 2 atom stereocenters. The number of carbonyl (C=O) groups excluding carboxylic acids is 2. The molecule has 0 saturated heterocycles. The maximum atomic E-state index is 14.1. The topological polar surface area (TPSA) is 58.6 Å². The number of fused-ring (bicyclic) bond motifs is 1. The number of anilines is 2. The van der Waals surface area contributed by atoms with E-state index in [1.165, 1.54) is 18.2 Å². The van der Waals surface area contributed by atoms with Crippen molar-refractivity contribution in [3.63, 3.8) is 0 Å². The van der Waals surface area contributed by atoms with Gasteiger partial charge in [-0.05, 0) is 71.5 Å². The lowest BCUT2D eigenvalue weighted by Gasteiger charge is -2.34. The van der Waals surface area contributed by atoms with Crippen LogP contribution in [0.1, 0.15) is 41.5 Å². The van der Waals surface area contributed by atoms with Crippen LogP contribution < -0.4 is 15.0 Å². The van der Waals surface area contributed by atoms with Gasteiger partial charge in [0.15, 0.2) is 5.78 Å². The van der Waals surface area contributed by atoms with Gasteiger partial charge < -0.3 is 10.1 Å². The Morgan fingerprint density at radius 1 is 0.878 bits per heavy atom. The number of halogens is 1. The normalized spacial score (nSPS) is 18.4. The van der Waals surface area contributed by atoms with Crippen molar-refractivity contribution in [1.29, 1.82) is 0 Å². The number of ketones is 1. The van der Waals surface area contributed by atoms with Crippen molar-refractivity contribution in [3.8, 4) is 5.75 Å². The van der Waals surface area contributed by atoms with Crippen molar-refractivity contribution in [2.45, 2.75) is 24.8 Å². The number of carbonyl (C=O) groups is 2. The second-order valence-corrected chi connectivity index (χ2v) is 10.2. The number of hydrogen-bond acceptors (Lipinski definition) is 4. The molecule has 4 aromatic rings. The molecule has 0 spiro atoms. The Hall–Kier alpha value is -4.97. The van der Waals surface area contributed by atoms with Gasteiger partial charge in [-0.2, -0.15) is 0 Å². The Kier molecular flexibility index (Phi) is 7.21. The highest BCUT2D eigenvalue weighted by Crippen LogP contribution is 2.47. The zero-order valence-electron chi connectivity index (χ0n) is 22.6. The molecule has 0 saturated carbocycles. The molecule has 0 unspecified atom stereocenters. The summed E-state index contributed by atoms with van der Waals surface area (Å²) in [5, 5.41) is 3.53. The Bertz CT molecular complexity index is 1640. The molecular weight excluding hydrogens is 515 g/mol. The van der Waals surface area contributed by atoms with Crippen LogP contribution in [0.2, 0.25) is 0 Å². The third-order valence-electron chi connectivity index (χ3n) is 7.72. The molecule has 6 heteroatoms. The average molecular weight is 545 g/mol. The molecule has 0 aromatic heterocycles. The first-order chi connectivity index (χ1) is 20.0. The van der Waals surface area contributed by atoms with Gasteiger partial charge in [0.05, 0.1) is 24.5 Å². The van der Waals surface area contributed by atoms with Crippen LogP contribution in [-0.4, -0.2) is 18.8 Å². The van der Waals surface area contributed by atoms with Crippen molar-refractivity contribution >= 4 is 29.1 Å². The number of nitrogens with zero attached hydrogens (tertiary/aromatic N) is 1. The number of rotatable bonds is 5. The number of para-hydroxylation sites is 2. The van der Waals surface area contributed by atoms with Crippen LogP contribution in [0.15, 0.2) is 120 Å². The lowest BCUT2D eigenvalue weighted by molar-refractivity contribution is -0.116. The van der Waals surface area contributed by atoms with Crippen molar-refractivity contribution in [1.82, 2.24) is 0 Å². The maximum Gasteiger partial charge on any atom is 0.251 e. The van der Waals surface area contributed by atoms with E-state index in [9.17, 15) is 14.0 Å². The fourth-order valence-corrected chi connectivity index (χ4v) is 5.72. The van der Waals surface area contributed by atoms with Crippen LogP contribution >= 0.6 is 0 Å². The SMILES string of the molecule is COc1ccc([C@H]2CC(=O)C3=C(C2)Nc2ccccc2N(C(=O)/C=C/c2ccccc2)[C@@H]3c2ccc(F)cc2)cc1. The summed E-state index contributed by atoms with van der Waals surface area (Å²) in [6, 6.07) is 30.2. The van der Waals surface area contributed by atoms with Crippen molar-refractivity contribution in [2.24, 2.45) is 0 Å². The summed E-state index contributed by atoms with van der Waals surface area (Å²) in [6.45, 7) is 0. The first-order valence-corrected chi connectivity index (χ1v) is 13.6. The Morgan fingerprint density at radius 2 is 1.56 bits per heavy atom. The zero-order chi connectivity index (χ0) is 28.3. The van der Waals surface area contributed by atoms with E-state index in [2.05, 4.69) is 5.32 Å². The van der Waals surface area contributed by atoms with E-state index >= 15 is 0 Å². The van der Waals surface area contributed by atoms with Gasteiger partial charge in [0.25, 0.3) is 5.91 Å². The molecular formula is C35H29FN2O3. The maximum absolute atomic E-state index is 14.1. The van der Waals surface area contributed by atoms with E-state index in [0.29, 0.717) is 29.7 Å². The first kappa shape index (κ1) is 26.3. The Labute approximate surface area is 238 Å². The molecule has 4 aromatic carbocycles. The van der Waals surface area contributed by atoms with Gasteiger partial charge in [0, 0.05) is 23.8 Å². The second-order valence-electron chi connectivity index (χ2n) is 10.2. The number of ether oxygens (including phenoxy) is 1. The van der Waals surface area contributed by atoms with Crippen LogP contribution in [0.25, 0.3) is 6.08 Å². The van der Waals surface area contributed by atoms with E-state index in [-0.39, 0.29) is 23.4 Å². The molecule has 1 amide bonds. The van der Waals surface area contributed by atoms with Crippen LogP contribution in [0, 0.1) is 5.82 Å². The largest absolute Gasteiger partial charge is 0.497 e. The molecule has 0 fully saturated rings. The fourth-order valence-electron chi connectivity index (χ4n) is 5.72. The highest BCUT2D eigenvalue weighted by molar-refractivity contribution is 6.10. The minimum Gasteiger partial charge on any atom is -0.497 e. The Balaban J connectivity index is 1.48. The minimum absolute atomic E-state index is 0.0408. The van der Waals surface area contributed by atoms with Gasteiger partial charge in [-0.15, -0.1) is 0 Å². The molecule has 1 N–H and O–H groups in total. The molecule has 1 aliphatic heterocycles. The fraction of sp³-hybridized carbons (Fsp3) is 0.143. The Morgan fingerprint density at radius 3 is 2.29 bits per heavy atom. The van der Waals surface area contributed by atoms with Gasteiger partial charge in [-0.25, -0.2) is 4.39 Å². The van der Waals surface area contributed by atoms with Crippen LogP contribution in [0.5, 0.6) is 5.75 Å². The molecule has 1 heterocycles. The number of hydrogen-bond donors (Lipinski definition) is 1. The molecule has 204 valence electrons. The number of allylic oxidation sites excluding steroid dienone is 1. The van der Waals surface area contributed by atoms with Crippen LogP contribution in [0.4, 0.5) is 15.8 Å². The van der Waals surface area contributed by atoms with E-state index in [0.717, 1.165) is 28.3 Å². The number of nitrogens with one attached hydrogen (secondary N) is 1. The van der Waals surface area contributed by atoms with E-state index in [4.69, 9.17) is 4.74 Å². The van der Waals surface area contributed by atoms with Gasteiger partial charge in [-0.1, -0.05) is 66.7 Å². The number of amides is 1. The summed E-state index contributed by atoms with van der Waals surface area (Å²) in [4.78, 5) is 29.8. The molecule has 0 bridgehead atoms. The molecule has 2 aliphatic rings. The van der Waals surface area contributed by atoms with E-state index in [1.807, 2.05) is 78.9 Å². The standard InChI is InChI=1S/C35H29FN2O3/c1-41-28-18-14-24(15-19-28)26-21-30-34(32(39)22-26)35(25-12-16-27(36)17-13-25)38(31-10-6-5-9-29(31)37-30)33(40)20-11-23-7-3-2-4-8-23/h2-20,26,35,37H,21-22H2,1H3/b20-11+/t26-,35-/m1/s1. The summed E-state index contributed by atoms with van der Waals surface area (Å²) < 4.78 is 19.4. The van der Waals surface area contributed by atoms with Crippen LogP contribution in [0.3, 0.4) is 0 Å². The highest BCUT2D eigenvalue weighted by atomic mass is 19.1. The lowest BCUT2D eigenvalue weighted by Crippen LogP contribution is -2.37. The summed E-state index contributed by atoms with van der Waals surface area (Å²) in [7, 11) is 1.63. The molecule has 1 aliphatic carbocycles. The predicted molar refractivity (Wildman–Crippen MR) is 159 cm³/mol. The summed E-state index contributed by atoms with van der Waals surface area (Å²) in [6.07, 6.45) is 4.18. The van der Waals surface area contributed by atoms with Gasteiger partial charge in [0.2, 0.25) is 0 Å². The lowest BCUT2D eigenvalue weighted by atomic mass is 9.78. The van der Waals surface area contributed by atoms with Gasteiger partial charge in [0.1, 0.15) is 11.6 Å². The van der Waals surface area contributed by atoms with E-state index < -0.39 is 6.04 Å². The number of methoxy groups -OCH3 is 1. The smallest absolute Gasteiger partial charge is 0.251 e. The first-order valence-electron chi connectivity index (χ1n) is 13.6. The summed E-state index contributed by atoms with van der Waals surface area (Å²) in [5.41, 5.74) is 5.26. The summed E-state index contributed by atoms with van der Waals surface area (Å²) in [5.74, 6) is 0.00148. The summed E-state index contributed by atoms with van der Waals surface area (Å²) >= 11 is 0. The third-order valence-corrected chi connectivity index (χ3v) is 7.72. The minimum atomic E-state index is -0.737. The number of benzene rings is 4. The van der Waals surface area contributed by atoms with Crippen LogP contribution in [-0.2, 0) is 9.59 Å². The monoisotopic (exact) mass is 544 g/mol. The quantitative estimate of drug-likeness (QED) is 0.265. The molecule has 6 rings (SSSR count). The third kappa shape index (κ3) is 5.29. The van der Waals surface area contributed by atoms with Crippen molar-refractivity contribution < 1.29 is 18.7 Å².